The van der Waals surface area contributed by atoms with Gasteiger partial charge in [-0.2, -0.15) is 9.48 Å². The van der Waals surface area contributed by atoms with Crippen molar-refractivity contribution in [3.05, 3.63) is 63.2 Å². The Labute approximate surface area is 204 Å². The summed E-state index contributed by atoms with van der Waals surface area (Å²) in [5.74, 6) is -1.80. The highest BCUT2D eigenvalue weighted by atomic mass is 31.2. The number of carbonyl (C=O) groups is 1. The Morgan fingerprint density at radius 3 is 2.61 bits per heavy atom. The number of ether oxygens (including phenoxy) is 2. The van der Waals surface area contributed by atoms with Gasteiger partial charge >= 0.3 is 19.4 Å². The minimum Gasteiger partial charge on any atom is -0.462 e. The summed E-state index contributed by atoms with van der Waals surface area (Å²) in [5, 5.41) is 13.0. The van der Waals surface area contributed by atoms with E-state index >= 15 is 0 Å². The highest BCUT2D eigenvalue weighted by Crippen LogP contribution is 2.45. The van der Waals surface area contributed by atoms with Crippen LogP contribution in [0.2, 0.25) is 0 Å². The predicted octanol–water partition coefficient (Wildman–Crippen LogP) is 0.395. The molecular weight excluding hydrogens is 502 g/mol. The molecule has 2 aromatic rings. The van der Waals surface area contributed by atoms with Gasteiger partial charge in [-0.15, -0.1) is 0 Å². The van der Waals surface area contributed by atoms with E-state index in [-0.39, 0.29) is 5.75 Å². The van der Waals surface area contributed by atoms with E-state index in [1.165, 1.54) is 19.1 Å². The van der Waals surface area contributed by atoms with Crippen molar-refractivity contribution < 1.29 is 37.4 Å². The molecule has 198 valence electrons. The monoisotopic (exact) mass is 530 g/mol. The third kappa shape index (κ3) is 6.66. The molecule has 0 spiro atoms. The second-order valence-electron chi connectivity index (χ2n) is 8.31. The number of hydrogen-bond acceptors (Lipinski definition) is 10. The molecule has 1 saturated heterocycles. The normalized spacial score (nSPS) is 24.3. The Morgan fingerprint density at radius 1 is 1.31 bits per heavy atom. The number of nitrogens with one attached hydrogen (secondary N) is 2. The van der Waals surface area contributed by atoms with E-state index < -0.39 is 74.0 Å². The van der Waals surface area contributed by atoms with Gasteiger partial charge in [0.1, 0.15) is 24.0 Å². The Hall–Kier alpha value is -2.87. The third-order valence-electron chi connectivity index (χ3n) is 5.05. The molecule has 0 unspecified atom stereocenters. The van der Waals surface area contributed by atoms with E-state index in [1.54, 1.807) is 37.0 Å². The number of esters is 1. The maximum absolute atomic E-state index is 13.7. The largest absolute Gasteiger partial charge is 0.462 e. The number of benzene rings is 1. The average Bonchev–Trinajstić information content (AvgIpc) is 3.08. The van der Waals surface area contributed by atoms with Crippen molar-refractivity contribution in [2.75, 3.05) is 6.61 Å². The molecule has 1 aliphatic rings. The summed E-state index contributed by atoms with van der Waals surface area (Å²) in [7, 11) is -4.27. The summed E-state index contributed by atoms with van der Waals surface area (Å²) in [6.07, 6.45) is -3.85. The van der Waals surface area contributed by atoms with Gasteiger partial charge in [-0.1, -0.05) is 18.2 Å². The van der Waals surface area contributed by atoms with Crippen molar-refractivity contribution in [2.45, 2.75) is 57.4 Å². The maximum Gasteiger partial charge on any atom is 0.459 e. The maximum atomic E-state index is 13.7. The van der Waals surface area contributed by atoms with E-state index in [1.807, 2.05) is 0 Å². The summed E-state index contributed by atoms with van der Waals surface area (Å²) in [6.45, 7) is 4.15. The lowest BCUT2D eigenvalue weighted by Crippen LogP contribution is -2.43. The Bertz CT molecular complexity index is 1220. The second kappa shape index (κ2) is 11.5. The quantitative estimate of drug-likeness (QED) is 0.246. The van der Waals surface area contributed by atoms with Gasteiger partial charge in [0.25, 0.3) is 5.56 Å². The zero-order valence-electron chi connectivity index (χ0n) is 19.7. The van der Waals surface area contributed by atoms with E-state index in [0.29, 0.717) is 10.8 Å². The molecule has 3 rings (SSSR count). The van der Waals surface area contributed by atoms with Crippen molar-refractivity contribution in [1.82, 2.24) is 14.6 Å². The van der Waals surface area contributed by atoms with Gasteiger partial charge in [0.05, 0.1) is 24.9 Å². The number of aliphatic hydroxyl groups is 1. The molecule has 0 bridgehead atoms. The molecule has 5 N–H and O–H groups in total. The molecule has 0 radical (unpaired) electrons. The number of nitrogens with zero attached hydrogens (tertiary/aromatic N) is 1. The van der Waals surface area contributed by atoms with E-state index in [0.717, 1.165) is 0 Å². The molecule has 0 aliphatic carbocycles. The van der Waals surface area contributed by atoms with E-state index in [4.69, 9.17) is 24.3 Å². The molecule has 13 nitrogen and oxygen atoms in total. The third-order valence-corrected chi connectivity index (χ3v) is 6.70. The van der Waals surface area contributed by atoms with Gasteiger partial charge in [-0.05, 0) is 32.9 Å². The van der Waals surface area contributed by atoms with Gasteiger partial charge in [0.2, 0.25) is 5.82 Å². The summed E-state index contributed by atoms with van der Waals surface area (Å²) in [4.78, 5) is 37.4. The van der Waals surface area contributed by atoms with E-state index in [2.05, 4.69) is 5.09 Å². The first kappa shape index (κ1) is 27.7. The van der Waals surface area contributed by atoms with Crippen LogP contribution in [0.4, 0.5) is 4.39 Å². The molecule has 1 aromatic carbocycles. The molecule has 1 aromatic heterocycles. The minimum absolute atomic E-state index is 0.162. The lowest BCUT2D eigenvalue weighted by Gasteiger charge is -2.25. The zero-order chi connectivity index (χ0) is 26.6. The van der Waals surface area contributed by atoms with Crippen molar-refractivity contribution in [2.24, 2.45) is 5.73 Å². The molecule has 6 atom stereocenters. The van der Waals surface area contributed by atoms with Gasteiger partial charge in [-0.3, -0.25) is 23.7 Å². The van der Waals surface area contributed by atoms with Crippen LogP contribution in [0.15, 0.2) is 46.1 Å². The fourth-order valence-electron chi connectivity index (χ4n) is 3.31. The lowest BCUT2D eigenvalue weighted by atomic mass is 10.1. The first-order valence-electron chi connectivity index (χ1n) is 11.0. The number of para-hydroxylation sites is 1. The summed E-state index contributed by atoms with van der Waals surface area (Å²) in [5.41, 5.74) is 3.72. The average molecular weight is 530 g/mol. The second-order valence-corrected chi connectivity index (χ2v) is 10.0. The number of nitrogens with two attached hydrogens (primary N) is 1. The lowest BCUT2D eigenvalue weighted by molar-refractivity contribution is -0.149. The number of H-pyrrole nitrogens is 1. The number of carbonyl (C=O) groups excluding carboxylic acids is 1. The number of aromatic amines is 1. The first-order valence-corrected chi connectivity index (χ1v) is 12.5. The minimum atomic E-state index is -4.27. The number of halogens is 1. The molecule has 15 heteroatoms. The van der Waals surface area contributed by atoms with Crippen LogP contribution in [0, 0.1) is 5.82 Å². The number of aromatic nitrogens is 2. The molecule has 1 aliphatic heterocycles. The molecule has 2 heterocycles. The summed E-state index contributed by atoms with van der Waals surface area (Å²) >= 11 is 0. The highest BCUT2D eigenvalue weighted by Gasteiger charge is 2.45. The van der Waals surface area contributed by atoms with Crippen LogP contribution in [-0.4, -0.2) is 57.6 Å². The SMILES string of the molecule is CC(C)OC(=O)[C@@H](C)N[P@@](=O)(OC[C@H]1O[C@@H](n2cc(F)c(=O)[nH]c2=O)[C@H](N)[C@@H]1O)Oc1ccccc1. The van der Waals surface area contributed by atoms with Crippen LogP contribution < -0.4 is 26.6 Å². The van der Waals surface area contributed by atoms with Gasteiger partial charge in [0, 0.05) is 0 Å². The fraction of sp³-hybridized carbons (Fsp3) is 0.476. The van der Waals surface area contributed by atoms with Crippen LogP contribution in [0.1, 0.15) is 27.0 Å². The predicted molar refractivity (Wildman–Crippen MR) is 124 cm³/mol. The van der Waals surface area contributed by atoms with Crippen molar-refractivity contribution in [1.29, 1.82) is 0 Å². The van der Waals surface area contributed by atoms with Crippen LogP contribution in [-0.2, 0) is 23.4 Å². The standard InChI is InChI=1S/C21H28FN4O9P/c1-11(2)33-20(29)12(3)25-36(31,35-13-7-5-4-6-8-13)32-10-15-17(27)16(23)19(34-15)26-9-14(22)18(28)24-21(26)30/h4-9,11-12,15-17,19,27H,10,23H2,1-3H3,(H,25,31)(H,24,28,30)/t12-,15-,16-,17-,19-,36-/m1/s1. The van der Waals surface area contributed by atoms with Crippen LogP contribution in [0.5, 0.6) is 5.75 Å². The molecular formula is C21H28FN4O9P. The Balaban J connectivity index is 1.77. The molecule has 1 fully saturated rings. The Kier molecular flexibility index (Phi) is 8.82. The topological polar surface area (TPSA) is 184 Å². The van der Waals surface area contributed by atoms with Crippen molar-refractivity contribution in [3.8, 4) is 5.75 Å². The smallest absolute Gasteiger partial charge is 0.459 e. The number of hydrogen-bond donors (Lipinski definition) is 4. The summed E-state index contributed by atoms with van der Waals surface area (Å²) < 4.78 is 49.6. The van der Waals surface area contributed by atoms with E-state index in [9.17, 15) is 28.4 Å². The van der Waals surface area contributed by atoms with Crippen LogP contribution in [0.3, 0.4) is 0 Å². The van der Waals surface area contributed by atoms with Crippen LogP contribution >= 0.6 is 7.75 Å². The number of rotatable bonds is 10. The van der Waals surface area contributed by atoms with Gasteiger partial charge < -0.3 is 24.8 Å². The van der Waals surface area contributed by atoms with Gasteiger partial charge in [-0.25, -0.2) is 9.36 Å². The molecule has 36 heavy (non-hydrogen) atoms. The zero-order valence-corrected chi connectivity index (χ0v) is 20.6. The first-order chi connectivity index (χ1) is 16.9. The van der Waals surface area contributed by atoms with Crippen LogP contribution in [0.25, 0.3) is 0 Å². The van der Waals surface area contributed by atoms with Crippen molar-refractivity contribution >= 4 is 13.7 Å². The number of aliphatic hydroxyl groups excluding tert-OH is 1. The van der Waals surface area contributed by atoms with Gasteiger partial charge in [0.15, 0.2) is 6.23 Å². The fourth-order valence-corrected chi connectivity index (χ4v) is 4.81. The highest BCUT2D eigenvalue weighted by molar-refractivity contribution is 7.52. The van der Waals surface area contributed by atoms with Crippen molar-refractivity contribution in [3.63, 3.8) is 0 Å². The molecule has 0 amide bonds. The summed E-state index contributed by atoms with van der Waals surface area (Å²) in [6, 6.07) is 5.66. The molecule has 0 saturated carbocycles. The Morgan fingerprint density at radius 2 is 1.97 bits per heavy atom.